The maximum absolute atomic E-state index is 11.2. The van der Waals surface area contributed by atoms with Crippen LogP contribution >= 0.6 is 15.9 Å². The third-order valence-corrected chi connectivity index (χ3v) is 4.87. The Kier molecular flexibility index (Phi) is 4.82. The van der Waals surface area contributed by atoms with E-state index in [1.54, 1.807) is 0 Å². The fourth-order valence-electron chi connectivity index (χ4n) is 3.02. The number of carbonyl (C=O) groups is 1. The second-order valence-corrected chi connectivity index (χ2v) is 6.99. The number of rotatable bonds is 4. The average molecular weight is 378 g/mol. The number of aryl methyl sites for hydroxylation is 1. The molecule has 1 unspecified atom stereocenters. The summed E-state index contributed by atoms with van der Waals surface area (Å²) in [5.41, 5.74) is 3.16. The maximum atomic E-state index is 11.2. The predicted molar refractivity (Wildman–Crippen MR) is 91.6 cm³/mol. The minimum atomic E-state index is -0.683. The number of aliphatic carboxylic acids is 1. The van der Waals surface area contributed by atoms with Gasteiger partial charge < -0.3 is 5.11 Å². The number of carboxylic acid groups (broad SMARTS) is 1. The van der Waals surface area contributed by atoms with Crippen molar-refractivity contribution >= 4 is 21.9 Å². The average Bonchev–Trinajstić information content (AvgIpc) is 2.89. The van der Waals surface area contributed by atoms with E-state index in [2.05, 4.69) is 25.9 Å². The SMILES string of the molecule is Cc1nn(-c2ccc(Br)cc2)cc1CN1CCCC(C(=O)O)C1. The number of hydrogen-bond donors (Lipinski definition) is 1. The molecule has 0 amide bonds. The molecule has 1 N–H and O–H groups in total. The van der Waals surface area contributed by atoms with Crippen molar-refractivity contribution in [1.82, 2.24) is 14.7 Å². The summed E-state index contributed by atoms with van der Waals surface area (Å²) in [4.78, 5) is 13.4. The minimum absolute atomic E-state index is 0.245. The maximum Gasteiger partial charge on any atom is 0.307 e. The molecule has 1 aliphatic heterocycles. The molecule has 0 aliphatic carbocycles. The van der Waals surface area contributed by atoms with Crippen LogP contribution in [0.2, 0.25) is 0 Å². The van der Waals surface area contributed by atoms with Gasteiger partial charge in [0.15, 0.2) is 0 Å². The van der Waals surface area contributed by atoms with Crippen LogP contribution in [0, 0.1) is 12.8 Å². The lowest BCUT2D eigenvalue weighted by Crippen LogP contribution is -2.38. The van der Waals surface area contributed by atoms with Gasteiger partial charge in [0.05, 0.1) is 17.3 Å². The molecule has 1 aliphatic rings. The normalized spacial score (nSPS) is 19.0. The van der Waals surface area contributed by atoms with Crippen LogP contribution in [0.15, 0.2) is 34.9 Å². The van der Waals surface area contributed by atoms with Gasteiger partial charge in [0, 0.05) is 29.3 Å². The predicted octanol–water partition coefficient (Wildman–Crippen LogP) is 3.24. The van der Waals surface area contributed by atoms with Gasteiger partial charge in [0.25, 0.3) is 0 Å². The van der Waals surface area contributed by atoms with E-state index in [9.17, 15) is 9.90 Å². The van der Waals surface area contributed by atoms with Crippen molar-refractivity contribution in [2.45, 2.75) is 26.3 Å². The Balaban J connectivity index is 1.73. The van der Waals surface area contributed by atoms with Crippen LogP contribution in [0.3, 0.4) is 0 Å². The first-order valence-electron chi connectivity index (χ1n) is 7.79. The molecule has 23 heavy (non-hydrogen) atoms. The third-order valence-electron chi connectivity index (χ3n) is 4.34. The molecular weight excluding hydrogens is 358 g/mol. The molecule has 1 saturated heterocycles. The van der Waals surface area contributed by atoms with Crippen LogP contribution in [-0.4, -0.2) is 38.8 Å². The van der Waals surface area contributed by atoms with Gasteiger partial charge in [-0.05, 0) is 50.6 Å². The zero-order valence-electron chi connectivity index (χ0n) is 13.1. The number of hydrogen-bond acceptors (Lipinski definition) is 3. The van der Waals surface area contributed by atoms with Crippen LogP contribution in [-0.2, 0) is 11.3 Å². The molecule has 2 aromatic rings. The number of likely N-dealkylation sites (tertiary alicyclic amines) is 1. The Morgan fingerprint density at radius 1 is 1.39 bits per heavy atom. The minimum Gasteiger partial charge on any atom is -0.481 e. The molecule has 0 radical (unpaired) electrons. The molecule has 3 rings (SSSR count). The number of nitrogens with zero attached hydrogens (tertiary/aromatic N) is 3. The van der Waals surface area contributed by atoms with Gasteiger partial charge in [-0.25, -0.2) is 4.68 Å². The van der Waals surface area contributed by atoms with Gasteiger partial charge in [0.1, 0.15) is 0 Å². The van der Waals surface area contributed by atoms with E-state index in [0.29, 0.717) is 6.54 Å². The van der Waals surface area contributed by atoms with Gasteiger partial charge in [-0.2, -0.15) is 5.10 Å². The van der Waals surface area contributed by atoms with Crippen LogP contribution in [0.5, 0.6) is 0 Å². The van der Waals surface area contributed by atoms with Crippen molar-refractivity contribution in [1.29, 1.82) is 0 Å². The second kappa shape index (κ2) is 6.84. The summed E-state index contributed by atoms with van der Waals surface area (Å²) in [7, 11) is 0. The summed E-state index contributed by atoms with van der Waals surface area (Å²) in [5.74, 6) is -0.928. The van der Waals surface area contributed by atoms with E-state index in [1.807, 2.05) is 42.1 Å². The van der Waals surface area contributed by atoms with Crippen LogP contribution < -0.4 is 0 Å². The van der Waals surface area contributed by atoms with Crippen molar-refractivity contribution in [3.63, 3.8) is 0 Å². The topological polar surface area (TPSA) is 58.4 Å². The number of piperidine rings is 1. The number of carboxylic acids is 1. The fourth-order valence-corrected chi connectivity index (χ4v) is 3.28. The lowest BCUT2D eigenvalue weighted by atomic mass is 9.98. The molecule has 1 atom stereocenters. The van der Waals surface area contributed by atoms with Crippen molar-refractivity contribution in [3.8, 4) is 5.69 Å². The molecule has 6 heteroatoms. The summed E-state index contributed by atoms with van der Waals surface area (Å²) >= 11 is 3.44. The van der Waals surface area contributed by atoms with E-state index in [-0.39, 0.29) is 5.92 Å². The standard InChI is InChI=1S/C17H20BrN3O2/c1-12-14(10-20-8-2-3-13(9-20)17(22)23)11-21(19-12)16-6-4-15(18)5-7-16/h4-7,11,13H,2-3,8-10H2,1H3,(H,22,23). The first-order valence-corrected chi connectivity index (χ1v) is 8.58. The number of halogens is 1. The lowest BCUT2D eigenvalue weighted by Gasteiger charge is -2.30. The van der Waals surface area contributed by atoms with E-state index < -0.39 is 5.97 Å². The first-order chi connectivity index (χ1) is 11.0. The van der Waals surface area contributed by atoms with Gasteiger partial charge in [-0.1, -0.05) is 15.9 Å². The number of aromatic nitrogens is 2. The molecule has 1 aromatic heterocycles. The summed E-state index contributed by atoms with van der Waals surface area (Å²) in [5, 5.41) is 13.8. The monoisotopic (exact) mass is 377 g/mol. The molecule has 1 fully saturated rings. The van der Waals surface area contributed by atoms with E-state index in [4.69, 9.17) is 0 Å². The summed E-state index contributed by atoms with van der Waals surface area (Å²) < 4.78 is 2.92. The Morgan fingerprint density at radius 2 is 2.13 bits per heavy atom. The van der Waals surface area contributed by atoms with Crippen molar-refractivity contribution in [3.05, 3.63) is 46.2 Å². The molecule has 1 aromatic carbocycles. The molecule has 0 bridgehead atoms. The molecule has 2 heterocycles. The highest BCUT2D eigenvalue weighted by atomic mass is 79.9. The van der Waals surface area contributed by atoms with Crippen LogP contribution in [0.1, 0.15) is 24.1 Å². The second-order valence-electron chi connectivity index (χ2n) is 6.07. The molecular formula is C17H20BrN3O2. The largest absolute Gasteiger partial charge is 0.481 e. The molecule has 0 spiro atoms. The fraction of sp³-hybridized carbons (Fsp3) is 0.412. The summed E-state index contributed by atoms with van der Waals surface area (Å²) in [6.07, 6.45) is 3.77. The summed E-state index contributed by atoms with van der Waals surface area (Å²) in [6.45, 7) is 4.33. The Hall–Kier alpha value is -1.66. The van der Waals surface area contributed by atoms with E-state index in [1.165, 1.54) is 0 Å². The van der Waals surface area contributed by atoms with Crippen LogP contribution in [0.4, 0.5) is 0 Å². The van der Waals surface area contributed by atoms with Gasteiger partial charge in [-0.3, -0.25) is 9.69 Å². The lowest BCUT2D eigenvalue weighted by molar-refractivity contribution is -0.143. The van der Waals surface area contributed by atoms with E-state index >= 15 is 0 Å². The quantitative estimate of drug-likeness (QED) is 0.888. The van der Waals surface area contributed by atoms with Gasteiger partial charge in [-0.15, -0.1) is 0 Å². The zero-order chi connectivity index (χ0) is 16.4. The highest BCUT2D eigenvalue weighted by Gasteiger charge is 2.25. The highest BCUT2D eigenvalue weighted by molar-refractivity contribution is 9.10. The van der Waals surface area contributed by atoms with E-state index in [0.717, 1.165) is 47.3 Å². The Morgan fingerprint density at radius 3 is 2.83 bits per heavy atom. The molecule has 0 saturated carbocycles. The Bertz CT molecular complexity index is 696. The summed E-state index contributed by atoms with van der Waals surface area (Å²) in [6, 6.07) is 8.02. The highest BCUT2D eigenvalue weighted by Crippen LogP contribution is 2.21. The third kappa shape index (κ3) is 3.82. The molecule has 5 nitrogen and oxygen atoms in total. The van der Waals surface area contributed by atoms with Crippen molar-refractivity contribution in [2.24, 2.45) is 5.92 Å². The molecule has 122 valence electrons. The van der Waals surface area contributed by atoms with Gasteiger partial charge >= 0.3 is 5.97 Å². The smallest absolute Gasteiger partial charge is 0.307 e. The van der Waals surface area contributed by atoms with Crippen molar-refractivity contribution < 1.29 is 9.90 Å². The Labute approximate surface area is 144 Å². The van der Waals surface area contributed by atoms with Gasteiger partial charge in [0.2, 0.25) is 0 Å². The van der Waals surface area contributed by atoms with Crippen molar-refractivity contribution in [2.75, 3.05) is 13.1 Å². The first kappa shape index (κ1) is 16.2. The van der Waals surface area contributed by atoms with Crippen LogP contribution in [0.25, 0.3) is 5.69 Å². The number of benzene rings is 1. The zero-order valence-corrected chi connectivity index (χ0v) is 14.7.